The molecule has 0 aliphatic carbocycles. The van der Waals surface area contributed by atoms with Gasteiger partial charge in [-0.3, -0.25) is 10.1 Å². The highest BCUT2D eigenvalue weighted by Gasteiger charge is 2.24. The van der Waals surface area contributed by atoms with E-state index in [4.69, 9.17) is 0 Å². The van der Waals surface area contributed by atoms with Crippen LogP contribution in [-0.4, -0.2) is 21.2 Å². The molecule has 2 rings (SSSR count). The molecule has 0 bridgehead atoms. The Kier molecular flexibility index (Phi) is 4.52. The first-order valence-corrected chi connectivity index (χ1v) is 6.73. The van der Waals surface area contributed by atoms with Crippen molar-refractivity contribution in [3.05, 3.63) is 51.5 Å². The number of aryl methyl sites for hydroxylation is 2. The fourth-order valence-corrected chi connectivity index (χ4v) is 2.17. The summed E-state index contributed by atoms with van der Waals surface area (Å²) in [7, 11) is 0. The van der Waals surface area contributed by atoms with Gasteiger partial charge in [-0.2, -0.15) is 5.10 Å². The zero-order chi connectivity index (χ0) is 15.4. The third-order valence-electron chi connectivity index (χ3n) is 3.20. The van der Waals surface area contributed by atoms with E-state index in [-0.39, 0.29) is 11.5 Å². The van der Waals surface area contributed by atoms with Crippen LogP contribution in [0.3, 0.4) is 0 Å². The van der Waals surface area contributed by atoms with Crippen molar-refractivity contribution in [1.82, 2.24) is 9.78 Å². The maximum Gasteiger partial charge on any atom is 0.333 e. The summed E-state index contributed by atoms with van der Waals surface area (Å²) in [4.78, 5) is 10.7. The Morgan fingerprint density at radius 3 is 2.62 bits per heavy atom. The predicted octanol–water partition coefficient (Wildman–Crippen LogP) is 2.91. The minimum atomic E-state index is -0.422. The number of hydrogen-bond donors (Lipinski definition) is 1. The minimum Gasteiger partial charge on any atom is -0.364 e. The van der Waals surface area contributed by atoms with E-state index in [0.29, 0.717) is 31.0 Å². The zero-order valence-electron chi connectivity index (χ0n) is 12.0. The largest absolute Gasteiger partial charge is 0.364 e. The van der Waals surface area contributed by atoms with Gasteiger partial charge < -0.3 is 5.32 Å². The van der Waals surface area contributed by atoms with Gasteiger partial charge in [-0.1, -0.05) is 12.1 Å². The van der Waals surface area contributed by atoms with Gasteiger partial charge in [-0.15, -0.1) is 0 Å². The van der Waals surface area contributed by atoms with E-state index in [0.717, 1.165) is 5.56 Å². The second-order valence-corrected chi connectivity index (χ2v) is 4.66. The smallest absolute Gasteiger partial charge is 0.333 e. The summed E-state index contributed by atoms with van der Waals surface area (Å²) in [6.07, 6.45) is 0.644. The summed E-state index contributed by atoms with van der Waals surface area (Å²) in [5.74, 6) is 0.143. The fraction of sp³-hybridized carbons (Fsp3) is 0.357. The molecule has 0 radical (unpaired) electrons. The van der Waals surface area contributed by atoms with Crippen LogP contribution in [0.5, 0.6) is 0 Å². The van der Waals surface area contributed by atoms with Gasteiger partial charge >= 0.3 is 5.69 Å². The lowest BCUT2D eigenvalue weighted by atomic mass is 10.1. The van der Waals surface area contributed by atoms with E-state index < -0.39 is 4.92 Å². The van der Waals surface area contributed by atoms with Gasteiger partial charge in [0.15, 0.2) is 0 Å². The van der Waals surface area contributed by atoms with Crippen molar-refractivity contribution >= 4 is 11.5 Å². The lowest BCUT2D eigenvalue weighted by Crippen LogP contribution is -2.11. The van der Waals surface area contributed by atoms with Gasteiger partial charge in [0.2, 0.25) is 5.82 Å². The number of nitrogens with zero attached hydrogens (tertiary/aromatic N) is 3. The van der Waals surface area contributed by atoms with E-state index >= 15 is 0 Å². The maximum atomic E-state index is 12.8. The van der Waals surface area contributed by atoms with E-state index in [1.807, 2.05) is 6.92 Å². The fourth-order valence-electron chi connectivity index (χ4n) is 2.17. The predicted molar refractivity (Wildman–Crippen MR) is 77.9 cm³/mol. The summed E-state index contributed by atoms with van der Waals surface area (Å²) in [5.41, 5.74) is 1.37. The van der Waals surface area contributed by atoms with Gasteiger partial charge in [0.1, 0.15) is 11.5 Å². The van der Waals surface area contributed by atoms with Gasteiger partial charge in [0.05, 0.1) is 4.92 Å². The summed E-state index contributed by atoms with van der Waals surface area (Å²) in [5, 5.41) is 18.3. The van der Waals surface area contributed by atoms with Crippen LogP contribution in [0.25, 0.3) is 0 Å². The maximum absolute atomic E-state index is 12.8. The average molecular weight is 292 g/mol. The molecule has 21 heavy (non-hydrogen) atoms. The van der Waals surface area contributed by atoms with Gasteiger partial charge in [-0.05, 0) is 38.0 Å². The van der Waals surface area contributed by atoms with Crippen LogP contribution in [0, 0.1) is 22.9 Å². The normalized spacial score (nSPS) is 10.6. The second-order valence-electron chi connectivity index (χ2n) is 4.66. The number of nitrogens with one attached hydrogen (secondary N) is 1. The number of aromatic nitrogens is 2. The zero-order valence-corrected chi connectivity index (χ0v) is 12.0. The Labute approximate surface area is 121 Å². The molecular formula is C14H17FN4O2. The monoisotopic (exact) mass is 292 g/mol. The topological polar surface area (TPSA) is 73.0 Å². The van der Waals surface area contributed by atoms with Crippen LogP contribution < -0.4 is 5.32 Å². The molecule has 1 N–H and O–H groups in total. The van der Waals surface area contributed by atoms with Crippen molar-refractivity contribution in [3.63, 3.8) is 0 Å². The number of rotatable bonds is 6. The Bertz CT molecular complexity index is 637. The Hall–Kier alpha value is -2.44. The number of benzene rings is 1. The summed E-state index contributed by atoms with van der Waals surface area (Å²) in [6.45, 7) is 4.56. The van der Waals surface area contributed by atoms with Gasteiger partial charge in [-0.25, -0.2) is 9.07 Å². The molecule has 0 aliphatic heterocycles. The van der Waals surface area contributed by atoms with Crippen molar-refractivity contribution in [3.8, 4) is 0 Å². The van der Waals surface area contributed by atoms with Crippen molar-refractivity contribution in [2.24, 2.45) is 0 Å². The van der Waals surface area contributed by atoms with Crippen LogP contribution in [0.4, 0.5) is 15.9 Å². The van der Waals surface area contributed by atoms with Crippen LogP contribution in [-0.2, 0) is 13.0 Å². The van der Waals surface area contributed by atoms with E-state index in [2.05, 4.69) is 10.4 Å². The van der Waals surface area contributed by atoms with Crippen LogP contribution >= 0.6 is 0 Å². The van der Waals surface area contributed by atoms with Gasteiger partial charge in [0, 0.05) is 13.1 Å². The number of nitro groups is 1. The molecule has 6 nitrogen and oxygen atoms in total. The quantitative estimate of drug-likeness (QED) is 0.656. The molecule has 0 amide bonds. The molecule has 0 atom stereocenters. The average Bonchev–Trinajstić information content (AvgIpc) is 2.77. The molecule has 7 heteroatoms. The molecule has 112 valence electrons. The van der Waals surface area contributed by atoms with E-state index in [1.54, 1.807) is 23.7 Å². The van der Waals surface area contributed by atoms with E-state index in [1.165, 1.54) is 12.1 Å². The van der Waals surface area contributed by atoms with Crippen LogP contribution in [0.15, 0.2) is 24.3 Å². The van der Waals surface area contributed by atoms with Crippen molar-refractivity contribution in [2.75, 3.05) is 11.9 Å². The molecule has 0 saturated heterocycles. The third-order valence-corrected chi connectivity index (χ3v) is 3.20. The molecule has 0 unspecified atom stereocenters. The lowest BCUT2D eigenvalue weighted by molar-refractivity contribution is -0.384. The highest BCUT2D eigenvalue weighted by atomic mass is 19.1. The van der Waals surface area contributed by atoms with Crippen LogP contribution in [0.2, 0.25) is 0 Å². The summed E-state index contributed by atoms with van der Waals surface area (Å²) >= 11 is 0. The number of hydrogen-bond acceptors (Lipinski definition) is 4. The SMILES string of the molecule is CCn1nc(C)c([N+](=O)[O-])c1NCCc1ccc(F)cc1. The number of halogens is 1. The molecule has 1 aromatic carbocycles. The molecule has 0 fully saturated rings. The Balaban J connectivity index is 2.09. The van der Waals surface area contributed by atoms with Crippen LogP contribution in [0.1, 0.15) is 18.2 Å². The number of anilines is 1. The first kappa shape index (κ1) is 15.0. The molecule has 0 saturated carbocycles. The molecule has 0 spiro atoms. The van der Waals surface area contributed by atoms with Gasteiger partial charge in [0.25, 0.3) is 0 Å². The third kappa shape index (κ3) is 3.36. The highest BCUT2D eigenvalue weighted by Crippen LogP contribution is 2.27. The molecule has 1 heterocycles. The molecule has 0 aliphatic rings. The van der Waals surface area contributed by atoms with Crippen molar-refractivity contribution in [2.45, 2.75) is 26.8 Å². The van der Waals surface area contributed by atoms with Crippen molar-refractivity contribution in [1.29, 1.82) is 0 Å². The molecule has 1 aromatic heterocycles. The Morgan fingerprint density at radius 2 is 2.05 bits per heavy atom. The summed E-state index contributed by atoms with van der Waals surface area (Å²) < 4.78 is 14.4. The second kappa shape index (κ2) is 6.34. The first-order valence-electron chi connectivity index (χ1n) is 6.73. The van der Waals surface area contributed by atoms with E-state index in [9.17, 15) is 14.5 Å². The molecular weight excluding hydrogens is 275 g/mol. The van der Waals surface area contributed by atoms with Crippen molar-refractivity contribution < 1.29 is 9.31 Å². The summed E-state index contributed by atoms with van der Waals surface area (Å²) in [6, 6.07) is 6.21. The highest BCUT2D eigenvalue weighted by molar-refractivity contribution is 5.59. The standard InChI is InChI=1S/C14H17FN4O2/c1-3-18-14(13(19(20)21)10(2)17-18)16-9-8-11-4-6-12(15)7-5-11/h4-7,16H,3,8-9H2,1-2H3. The minimum absolute atomic E-state index is 0.0101. The first-order chi connectivity index (χ1) is 10.0. The lowest BCUT2D eigenvalue weighted by Gasteiger charge is -2.07. The molecule has 2 aromatic rings. The Morgan fingerprint density at radius 1 is 1.38 bits per heavy atom.